The summed E-state index contributed by atoms with van der Waals surface area (Å²) in [6.45, 7) is 0.204. The maximum Gasteiger partial charge on any atom is 0.251 e. The van der Waals surface area contributed by atoms with Crippen LogP contribution >= 0.6 is 27.5 Å². The standard InChI is InChI=1S/C19H16BrClFN3O/c20-13-6-5-12(16(22)9-13)11-24-7-8-25-18(19(24)26)10-17(23-25)14-3-1-2-4-15(14)21/h1-9,17-18,23H,10-11H2. The van der Waals surface area contributed by atoms with Crippen molar-refractivity contribution in [2.75, 3.05) is 0 Å². The molecule has 134 valence electrons. The Kier molecular flexibility index (Phi) is 4.73. The fourth-order valence-corrected chi connectivity index (χ4v) is 3.96. The van der Waals surface area contributed by atoms with Gasteiger partial charge < -0.3 is 9.91 Å². The van der Waals surface area contributed by atoms with Gasteiger partial charge in [-0.3, -0.25) is 4.79 Å². The lowest BCUT2D eigenvalue weighted by Gasteiger charge is -2.31. The van der Waals surface area contributed by atoms with Crippen LogP contribution in [0.4, 0.5) is 4.39 Å². The quantitative estimate of drug-likeness (QED) is 0.776. The van der Waals surface area contributed by atoms with Crippen molar-refractivity contribution < 1.29 is 9.18 Å². The lowest BCUT2D eigenvalue weighted by atomic mass is 10.0. The molecule has 2 atom stereocenters. The van der Waals surface area contributed by atoms with E-state index >= 15 is 0 Å². The SMILES string of the molecule is O=C1C2CC(c3ccccc3Cl)NN2C=CN1Cc1ccc(Br)cc1F. The first-order chi connectivity index (χ1) is 12.5. The van der Waals surface area contributed by atoms with Crippen LogP contribution in [0.15, 0.2) is 59.3 Å². The highest BCUT2D eigenvalue weighted by atomic mass is 79.9. The summed E-state index contributed by atoms with van der Waals surface area (Å²) in [4.78, 5) is 14.4. The number of carbonyl (C=O) groups excluding carboxylic acids is 1. The molecule has 0 spiro atoms. The van der Waals surface area contributed by atoms with Gasteiger partial charge in [0.25, 0.3) is 5.91 Å². The van der Waals surface area contributed by atoms with Crippen LogP contribution in [0.1, 0.15) is 23.6 Å². The number of amides is 1. The van der Waals surface area contributed by atoms with Gasteiger partial charge >= 0.3 is 0 Å². The van der Waals surface area contributed by atoms with Gasteiger partial charge in [-0.2, -0.15) is 0 Å². The average Bonchev–Trinajstić information content (AvgIpc) is 3.05. The molecule has 2 aliphatic rings. The highest BCUT2D eigenvalue weighted by Gasteiger charge is 2.40. The Morgan fingerprint density at radius 1 is 1.23 bits per heavy atom. The summed E-state index contributed by atoms with van der Waals surface area (Å²) in [5, 5.41) is 2.49. The van der Waals surface area contributed by atoms with E-state index in [1.54, 1.807) is 23.2 Å². The van der Waals surface area contributed by atoms with Crippen molar-refractivity contribution >= 4 is 33.4 Å². The van der Waals surface area contributed by atoms with Crippen LogP contribution in [0.3, 0.4) is 0 Å². The number of hydrogen-bond acceptors (Lipinski definition) is 3. The van der Waals surface area contributed by atoms with Gasteiger partial charge in [-0.15, -0.1) is 0 Å². The predicted octanol–water partition coefficient (Wildman–Crippen LogP) is 4.38. The zero-order valence-electron chi connectivity index (χ0n) is 13.7. The van der Waals surface area contributed by atoms with E-state index < -0.39 is 0 Å². The second kappa shape index (κ2) is 7.02. The zero-order chi connectivity index (χ0) is 18.3. The van der Waals surface area contributed by atoms with Gasteiger partial charge in [0.15, 0.2) is 0 Å². The van der Waals surface area contributed by atoms with Crippen LogP contribution < -0.4 is 5.43 Å². The molecule has 2 aromatic rings. The largest absolute Gasteiger partial charge is 0.311 e. The number of rotatable bonds is 3. The molecular weight excluding hydrogens is 421 g/mol. The minimum absolute atomic E-state index is 0.0355. The van der Waals surface area contributed by atoms with Crippen LogP contribution in [0, 0.1) is 5.82 Å². The molecule has 4 rings (SSSR count). The van der Waals surface area contributed by atoms with E-state index in [4.69, 9.17) is 11.6 Å². The molecule has 2 aromatic carbocycles. The van der Waals surface area contributed by atoms with Crippen molar-refractivity contribution in [1.29, 1.82) is 0 Å². The molecule has 0 aromatic heterocycles. The highest BCUT2D eigenvalue weighted by Crippen LogP contribution is 2.34. The number of carbonyl (C=O) groups is 1. The maximum absolute atomic E-state index is 14.1. The average molecular weight is 437 g/mol. The Labute approximate surface area is 164 Å². The Morgan fingerprint density at radius 2 is 2.04 bits per heavy atom. The molecule has 0 radical (unpaired) electrons. The molecule has 26 heavy (non-hydrogen) atoms. The molecular formula is C19H16BrClFN3O. The first-order valence-corrected chi connectivity index (χ1v) is 9.41. The lowest BCUT2D eigenvalue weighted by molar-refractivity contribution is -0.135. The summed E-state index contributed by atoms with van der Waals surface area (Å²) >= 11 is 9.53. The summed E-state index contributed by atoms with van der Waals surface area (Å²) in [6, 6.07) is 12.1. The molecule has 0 aliphatic carbocycles. The molecule has 2 unspecified atom stereocenters. The summed E-state index contributed by atoms with van der Waals surface area (Å²) in [5.41, 5.74) is 4.77. The molecule has 2 aliphatic heterocycles. The number of hydrazine groups is 1. The fraction of sp³-hybridized carbons (Fsp3) is 0.211. The van der Waals surface area contributed by atoms with E-state index in [0.717, 1.165) is 5.56 Å². The van der Waals surface area contributed by atoms with Gasteiger partial charge in [0.05, 0.1) is 12.6 Å². The smallest absolute Gasteiger partial charge is 0.251 e. The van der Waals surface area contributed by atoms with Gasteiger partial charge in [0.2, 0.25) is 0 Å². The molecule has 1 N–H and O–H groups in total. The first-order valence-electron chi connectivity index (χ1n) is 8.24. The second-order valence-corrected chi connectivity index (χ2v) is 7.68. The Morgan fingerprint density at radius 3 is 2.81 bits per heavy atom. The van der Waals surface area contributed by atoms with Crippen LogP contribution in [0.2, 0.25) is 5.02 Å². The van der Waals surface area contributed by atoms with Crippen molar-refractivity contribution in [3.05, 3.63) is 81.3 Å². The monoisotopic (exact) mass is 435 g/mol. The molecule has 2 heterocycles. The number of fused-ring (bicyclic) bond motifs is 1. The molecule has 1 saturated heterocycles. The van der Waals surface area contributed by atoms with E-state index in [9.17, 15) is 9.18 Å². The third-order valence-electron chi connectivity index (χ3n) is 4.71. The first kappa shape index (κ1) is 17.5. The molecule has 7 heteroatoms. The Bertz CT molecular complexity index is 891. The van der Waals surface area contributed by atoms with Gasteiger partial charge in [0, 0.05) is 27.5 Å². The summed E-state index contributed by atoms with van der Waals surface area (Å²) < 4.78 is 14.8. The van der Waals surface area contributed by atoms with Gasteiger partial charge in [-0.1, -0.05) is 51.8 Å². The summed E-state index contributed by atoms with van der Waals surface area (Å²) in [7, 11) is 0. The highest BCUT2D eigenvalue weighted by molar-refractivity contribution is 9.10. The second-order valence-electron chi connectivity index (χ2n) is 6.36. The van der Waals surface area contributed by atoms with Crippen molar-refractivity contribution in [2.24, 2.45) is 0 Å². The van der Waals surface area contributed by atoms with Crippen molar-refractivity contribution in [3.63, 3.8) is 0 Å². The van der Waals surface area contributed by atoms with Crippen LogP contribution in [-0.4, -0.2) is 21.9 Å². The van der Waals surface area contributed by atoms with Crippen LogP contribution in [0.5, 0.6) is 0 Å². The van der Waals surface area contributed by atoms with Crippen LogP contribution in [-0.2, 0) is 11.3 Å². The topological polar surface area (TPSA) is 35.6 Å². The maximum atomic E-state index is 14.1. The molecule has 4 nitrogen and oxygen atoms in total. The number of hydrogen-bond donors (Lipinski definition) is 1. The van der Waals surface area contributed by atoms with Gasteiger partial charge in [0.1, 0.15) is 11.9 Å². The summed E-state index contributed by atoms with van der Waals surface area (Å²) in [6.07, 6.45) is 4.11. The third-order valence-corrected chi connectivity index (χ3v) is 5.55. The summed E-state index contributed by atoms with van der Waals surface area (Å²) in [5.74, 6) is -0.390. The van der Waals surface area contributed by atoms with E-state index in [2.05, 4.69) is 21.4 Å². The van der Waals surface area contributed by atoms with Crippen molar-refractivity contribution in [2.45, 2.75) is 25.0 Å². The molecule has 0 saturated carbocycles. The van der Waals surface area contributed by atoms with Crippen LogP contribution in [0.25, 0.3) is 0 Å². The van der Waals surface area contributed by atoms with E-state index in [1.807, 2.05) is 35.5 Å². The van der Waals surface area contributed by atoms with Gasteiger partial charge in [-0.05, 0) is 30.2 Å². The van der Waals surface area contributed by atoms with Crippen molar-refractivity contribution in [3.8, 4) is 0 Å². The zero-order valence-corrected chi connectivity index (χ0v) is 16.0. The number of nitrogens with one attached hydrogen (secondary N) is 1. The Balaban J connectivity index is 1.52. The van der Waals surface area contributed by atoms with E-state index in [-0.39, 0.29) is 30.4 Å². The molecule has 1 amide bonds. The molecule has 0 bridgehead atoms. The van der Waals surface area contributed by atoms with E-state index in [1.165, 1.54) is 6.07 Å². The Hall–Kier alpha value is -1.89. The molecule has 1 fully saturated rings. The predicted molar refractivity (Wildman–Crippen MR) is 101 cm³/mol. The lowest BCUT2D eigenvalue weighted by Crippen LogP contribution is -2.47. The van der Waals surface area contributed by atoms with E-state index in [0.29, 0.717) is 21.5 Å². The fourth-order valence-electron chi connectivity index (χ4n) is 3.36. The minimum Gasteiger partial charge on any atom is -0.311 e. The van der Waals surface area contributed by atoms with Gasteiger partial charge in [-0.25, -0.2) is 9.82 Å². The van der Waals surface area contributed by atoms with Crippen molar-refractivity contribution in [1.82, 2.24) is 15.3 Å². The number of benzene rings is 2. The number of halogens is 3. The normalized spacial score (nSPS) is 22.0. The number of nitrogens with zero attached hydrogens (tertiary/aromatic N) is 2. The minimum atomic E-state index is -0.334. The third kappa shape index (κ3) is 3.24.